The Morgan fingerprint density at radius 2 is 0.722 bits per heavy atom. The van der Waals surface area contributed by atoms with Crippen molar-refractivity contribution < 1.29 is 9.47 Å². The van der Waals surface area contributed by atoms with Crippen molar-refractivity contribution in [3.63, 3.8) is 0 Å². The first-order valence-corrected chi connectivity index (χ1v) is 27.4. The first-order valence-electron chi connectivity index (χ1n) is 27.4. The van der Waals surface area contributed by atoms with Gasteiger partial charge in [0.25, 0.3) is 0 Å². The van der Waals surface area contributed by atoms with Gasteiger partial charge in [-0.1, -0.05) is 177 Å². The Hall–Kier alpha value is -7.16. The largest absolute Gasteiger partial charge is 0.494 e. The first kappa shape index (κ1) is 47.2. The van der Waals surface area contributed by atoms with Gasteiger partial charge in [0.05, 0.1) is 13.2 Å². The van der Waals surface area contributed by atoms with Gasteiger partial charge >= 0.3 is 0 Å². The van der Waals surface area contributed by atoms with Crippen molar-refractivity contribution in [2.24, 2.45) is 0 Å². The number of hydrogen-bond acceptors (Lipinski definition) is 2. The highest BCUT2D eigenvalue weighted by Gasteiger charge is 2.25. The molecule has 360 valence electrons. The Labute approximate surface area is 426 Å². The minimum atomic E-state index is 0.759. The summed E-state index contributed by atoms with van der Waals surface area (Å²) in [6.45, 7) is 14.7. The van der Waals surface area contributed by atoms with Crippen LogP contribution in [0, 0.1) is 0 Å². The Morgan fingerprint density at radius 3 is 1.12 bits per heavy atom. The average Bonchev–Trinajstić information content (AvgIpc) is 3.43. The number of unbranched alkanes of at least 4 members (excludes halogenated alkanes) is 6. The highest BCUT2D eigenvalue weighted by atomic mass is 16.5. The fourth-order valence-electron chi connectivity index (χ4n) is 12.1. The molecule has 2 heteroatoms. The summed E-state index contributed by atoms with van der Waals surface area (Å²) in [4.78, 5) is 0. The van der Waals surface area contributed by atoms with E-state index in [4.69, 9.17) is 9.47 Å². The van der Waals surface area contributed by atoms with Gasteiger partial charge in [-0.15, -0.1) is 0 Å². The molecule has 12 aromatic rings. The van der Waals surface area contributed by atoms with Crippen molar-refractivity contribution >= 4 is 86.2 Å². The lowest BCUT2D eigenvalue weighted by Crippen LogP contribution is -2.00. The molecule has 0 atom stereocenters. The highest BCUT2D eigenvalue weighted by molar-refractivity contribution is 6.36. The van der Waals surface area contributed by atoms with Crippen molar-refractivity contribution in [1.82, 2.24) is 0 Å². The fraction of sp³-hybridized carbons (Fsp3) is 0.257. The van der Waals surface area contributed by atoms with Gasteiger partial charge in [0, 0.05) is 0 Å². The van der Waals surface area contributed by atoms with Crippen LogP contribution in [0.25, 0.3) is 120 Å². The van der Waals surface area contributed by atoms with E-state index in [-0.39, 0.29) is 0 Å². The summed E-state index contributed by atoms with van der Waals surface area (Å²) in [6, 6.07) is 60.3. The molecule has 0 N–H and O–H groups in total. The van der Waals surface area contributed by atoms with E-state index >= 15 is 0 Å². The van der Waals surface area contributed by atoms with Gasteiger partial charge in [0.1, 0.15) is 11.5 Å². The van der Waals surface area contributed by atoms with Crippen LogP contribution in [0.15, 0.2) is 158 Å². The maximum atomic E-state index is 6.26. The van der Waals surface area contributed by atoms with Gasteiger partial charge in [0.2, 0.25) is 0 Å². The van der Waals surface area contributed by atoms with E-state index in [1.165, 1.54) is 169 Å². The predicted molar refractivity (Wildman–Crippen MR) is 315 cm³/mol. The normalized spacial score (nSPS) is 11.9. The average molecular weight is 941 g/mol. The van der Waals surface area contributed by atoms with Gasteiger partial charge in [-0.05, 0) is 217 Å². The maximum absolute atomic E-state index is 6.26. The third-order valence-electron chi connectivity index (χ3n) is 15.5. The highest BCUT2D eigenvalue weighted by Crippen LogP contribution is 2.52. The van der Waals surface area contributed by atoms with Crippen molar-refractivity contribution in [3.05, 3.63) is 169 Å². The van der Waals surface area contributed by atoms with Gasteiger partial charge < -0.3 is 9.47 Å². The van der Waals surface area contributed by atoms with Crippen LogP contribution >= 0.6 is 0 Å². The Balaban J connectivity index is 0.00000277. The zero-order valence-corrected chi connectivity index (χ0v) is 43.3. The fourth-order valence-corrected chi connectivity index (χ4v) is 12.1. The van der Waals surface area contributed by atoms with Crippen molar-refractivity contribution in [1.29, 1.82) is 0 Å². The molecule has 0 aliphatic carbocycles. The van der Waals surface area contributed by atoms with Crippen molar-refractivity contribution in [3.8, 4) is 44.9 Å². The topological polar surface area (TPSA) is 18.5 Å². The summed E-state index contributed by atoms with van der Waals surface area (Å²) in [7, 11) is 0. The molecular weight excluding hydrogens is 873 g/mol. The van der Waals surface area contributed by atoms with Crippen LogP contribution in [-0.4, -0.2) is 13.2 Å². The molecule has 2 nitrogen and oxygen atoms in total. The molecule has 0 saturated carbocycles. The molecular formula is C70H68O2. The number of fused-ring (bicyclic) bond motifs is 4. The maximum Gasteiger partial charge on any atom is 0.119 e. The standard InChI is InChI=1S/C68H62O2.C2H6/c1-5-9-11-17-35-69-51-27-23-45(24-28-51)59-41-49-37-47-19-13-15-21-53(47)55-31-33-57-63(43(7-3)39-61(59)67(57)65(49)55)64-44(8-4)40-62-60(46-25-29-52(30-26-46)70-36-18-12-10-6-2)42-50-38-48-20-14-16-22-54(48)56-32-34-58(64)68(62)66(50)56;1-2/h13-16,19-34,37-42H,5-12,17-18,35-36H2,1-4H3;1-2H3. The van der Waals surface area contributed by atoms with Crippen LogP contribution in [-0.2, 0) is 12.8 Å². The second-order valence-corrected chi connectivity index (χ2v) is 19.8. The Bertz CT molecular complexity index is 3600. The second kappa shape index (κ2) is 20.5. The monoisotopic (exact) mass is 941 g/mol. The minimum Gasteiger partial charge on any atom is -0.494 e. The van der Waals surface area contributed by atoms with E-state index in [9.17, 15) is 0 Å². The molecule has 0 fully saturated rings. The number of aryl methyl sites for hydroxylation is 2. The lowest BCUT2D eigenvalue weighted by molar-refractivity contribution is 0.305. The molecule has 0 saturated heterocycles. The third kappa shape index (κ3) is 8.23. The molecule has 0 aliphatic heterocycles. The van der Waals surface area contributed by atoms with Crippen LogP contribution < -0.4 is 9.47 Å². The molecule has 0 aromatic heterocycles. The van der Waals surface area contributed by atoms with Crippen molar-refractivity contribution in [2.45, 2.75) is 106 Å². The van der Waals surface area contributed by atoms with Gasteiger partial charge in [-0.3, -0.25) is 0 Å². The smallest absolute Gasteiger partial charge is 0.119 e. The zero-order chi connectivity index (χ0) is 49.3. The first-order chi connectivity index (χ1) is 35.6. The Kier molecular flexibility index (Phi) is 13.4. The van der Waals surface area contributed by atoms with Crippen LogP contribution in [0.1, 0.15) is 104 Å². The lowest BCUT2D eigenvalue weighted by atomic mass is 9.78. The summed E-state index contributed by atoms with van der Waals surface area (Å²) in [5, 5.41) is 21.0. The molecule has 0 aliphatic rings. The summed E-state index contributed by atoms with van der Waals surface area (Å²) in [5.74, 6) is 1.88. The number of ether oxygens (including phenoxy) is 2. The summed E-state index contributed by atoms with van der Waals surface area (Å²) in [6.07, 6.45) is 11.4. The van der Waals surface area contributed by atoms with Crippen LogP contribution in [0.4, 0.5) is 0 Å². The number of hydrogen-bond donors (Lipinski definition) is 0. The number of benzene rings is 12. The van der Waals surface area contributed by atoms with Gasteiger partial charge in [-0.2, -0.15) is 0 Å². The second-order valence-electron chi connectivity index (χ2n) is 19.8. The van der Waals surface area contributed by atoms with Crippen LogP contribution in [0.3, 0.4) is 0 Å². The van der Waals surface area contributed by atoms with Gasteiger partial charge in [-0.25, -0.2) is 0 Å². The molecule has 0 amide bonds. The van der Waals surface area contributed by atoms with E-state index in [0.717, 1.165) is 50.4 Å². The predicted octanol–water partition coefficient (Wildman–Crippen LogP) is 20.9. The lowest BCUT2D eigenvalue weighted by Gasteiger charge is -2.25. The molecule has 0 bridgehead atoms. The summed E-state index contributed by atoms with van der Waals surface area (Å²) >= 11 is 0. The molecule has 0 heterocycles. The molecule has 12 aromatic carbocycles. The van der Waals surface area contributed by atoms with Crippen LogP contribution in [0.5, 0.6) is 11.5 Å². The summed E-state index contributed by atoms with van der Waals surface area (Å²) in [5.41, 5.74) is 10.5. The molecule has 0 radical (unpaired) electrons. The minimum absolute atomic E-state index is 0.759. The molecule has 72 heavy (non-hydrogen) atoms. The summed E-state index contributed by atoms with van der Waals surface area (Å²) < 4.78 is 12.5. The quantitative estimate of drug-likeness (QED) is 0.0514. The SMILES string of the molecule is CC.CCCCCCOc1ccc(-c2cc3cc4ccccc4c4ccc5c(-c6c(CC)cc7c(-c8ccc(OCCCCCC)cc8)cc8cc9ccccc9c9ccc6c7c89)c(CC)cc2c5c34)cc1. The Morgan fingerprint density at radius 1 is 0.319 bits per heavy atom. The molecule has 0 spiro atoms. The van der Waals surface area contributed by atoms with E-state index in [1.807, 2.05) is 13.8 Å². The van der Waals surface area contributed by atoms with Crippen LogP contribution in [0.2, 0.25) is 0 Å². The van der Waals surface area contributed by atoms with E-state index in [0.29, 0.717) is 0 Å². The number of rotatable bonds is 17. The third-order valence-corrected chi connectivity index (χ3v) is 15.5. The molecule has 12 rings (SSSR count). The van der Waals surface area contributed by atoms with Gasteiger partial charge in [0.15, 0.2) is 0 Å². The van der Waals surface area contributed by atoms with E-state index < -0.39 is 0 Å². The molecule has 0 unspecified atom stereocenters. The van der Waals surface area contributed by atoms with E-state index in [2.05, 4.69) is 185 Å². The van der Waals surface area contributed by atoms with E-state index in [1.54, 1.807) is 0 Å². The van der Waals surface area contributed by atoms with Crippen molar-refractivity contribution in [2.75, 3.05) is 13.2 Å². The zero-order valence-electron chi connectivity index (χ0n) is 43.3.